The molecule has 1 unspecified atom stereocenters. The number of aliphatic carboxylic acids is 1. The molecule has 0 bridgehead atoms. The summed E-state index contributed by atoms with van der Waals surface area (Å²) in [5.41, 5.74) is -0.886. The van der Waals surface area contributed by atoms with Gasteiger partial charge < -0.3 is 14.7 Å². The number of ether oxygens (including phenoxy) is 1. The minimum absolute atomic E-state index is 0.0545. The quantitative estimate of drug-likeness (QED) is 0.875. The molecule has 0 aliphatic carbocycles. The zero-order chi connectivity index (χ0) is 17.2. The second-order valence-electron chi connectivity index (χ2n) is 6.04. The van der Waals surface area contributed by atoms with E-state index < -0.39 is 11.4 Å². The lowest BCUT2D eigenvalue weighted by molar-refractivity contribution is -0.151. The molecule has 0 aromatic heterocycles. The first-order valence-electron chi connectivity index (χ1n) is 7.35. The summed E-state index contributed by atoms with van der Waals surface area (Å²) >= 11 is 11.8. The topological polar surface area (TPSA) is 66.8 Å². The average molecular weight is 360 g/mol. The van der Waals surface area contributed by atoms with Crippen molar-refractivity contribution in [3.05, 3.63) is 28.2 Å². The summed E-state index contributed by atoms with van der Waals surface area (Å²) < 4.78 is 5.43. The number of halogens is 2. The lowest BCUT2D eigenvalue weighted by Crippen LogP contribution is -2.41. The molecule has 1 aromatic carbocycles. The maximum atomic E-state index is 12.3. The Kier molecular flexibility index (Phi) is 5.42. The third kappa shape index (κ3) is 3.72. The van der Waals surface area contributed by atoms with Crippen LogP contribution < -0.4 is 4.74 Å². The third-order valence-electron chi connectivity index (χ3n) is 4.43. The summed E-state index contributed by atoms with van der Waals surface area (Å²) in [6, 6.07) is 4.76. The number of likely N-dealkylation sites (tertiary alicyclic amines) is 1. The lowest BCUT2D eigenvalue weighted by Gasteiger charge is -2.28. The molecule has 1 aliphatic heterocycles. The number of carboxylic acid groups (broad SMARTS) is 1. The molecule has 23 heavy (non-hydrogen) atoms. The van der Waals surface area contributed by atoms with Crippen LogP contribution in [-0.2, 0) is 9.59 Å². The number of carboxylic acids is 1. The van der Waals surface area contributed by atoms with Crippen molar-refractivity contribution in [2.24, 2.45) is 11.3 Å². The van der Waals surface area contributed by atoms with Gasteiger partial charge in [0.15, 0.2) is 6.61 Å². The van der Waals surface area contributed by atoms with Crippen molar-refractivity contribution < 1.29 is 19.4 Å². The van der Waals surface area contributed by atoms with Crippen molar-refractivity contribution >= 4 is 35.1 Å². The van der Waals surface area contributed by atoms with Crippen LogP contribution in [0.4, 0.5) is 0 Å². The first-order valence-corrected chi connectivity index (χ1v) is 8.11. The second-order valence-corrected chi connectivity index (χ2v) is 6.89. The second kappa shape index (κ2) is 6.97. The third-order valence-corrected chi connectivity index (χ3v) is 4.98. The molecule has 0 radical (unpaired) electrons. The Labute approximate surface area is 145 Å². The van der Waals surface area contributed by atoms with Crippen LogP contribution in [-0.4, -0.2) is 41.6 Å². The van der Waals surface area contributed by atoms with Gasteiger partial charge >= 0.3 is 5.97 Å². The van der Waals surface area contributed by atoms with E-state index in [0.717, 1.165) is 0 Å². The van der Waals surface area contributed by atoms with Crippen LogP contribution in [0.25, 0.3) is 0 Å². The fourth-order valence-electron chi connectivity index (χ4n) is 2.76. The molecule has 1 aromatic rings. The van der Waals surface area contributed by atoms with Crippen LogP contribution in [0.3, 0.4) is 0 Å². The summed E-state index contributed by atoms with van der Waals surface area (Å²) in [4.78, 5) is 25.4. The molecule has 1 N–H and O–H groups in total. The normalized spacial score (nSPS) is 20.8. The summed E-state index contributed by atoms with van der Waals surface area (Å²) in [6.45, 7) is 4.14. The summed E-state index contributed by atoms with van der Waals surface area (Å²) in [7, 11) is 0. The number of amides is 1. The average Bonchev–Trinajstić information content (AvgIpc) is 2.94. The van der Waals surface area contributed by atoms with Gasteiger partial charge in [0.1, 0.15) is 5.75 Å². The maximum Gasteiger partial charge on any atom is 0.311 e. The van der Waals surface area contributed by atoms with Gasteiger partial charge in [-0.3, -0.25) is 9.59 Å². The molecule has 1 amide bonds. The van der Waals surface area contributed by atoms with Gasteiger partial charge in [-0.05, 0) is 24.5 Å². The minimum atomic E-state index is -0.886. The molecule has 126 valence electrons. The Bertz CT molecular complexity index is 620. The highest BCUT2D eigenvalue weighted by Gasteiger charge is 2.48. The molecule has 0 saturated carbocycles. The molecule has 7 heteroatoms. The van der Waals surface area contributed by atoms with Gasteiger partial charge in [-0.15, -0.1) is 0 Å². The monoisotopic (exact) mass is 359 g/mol. The van der Waals surface area contributed by atoms with Gasteiger partial charge in [-0.1, -0.05) is 37.0 Å². The Morgan fingerprint density at radius 1 is 1.39 bits per heavy atom. The van der Waals surface area contributed by atoms with Crippen molar-refractivity contribution in [2.45, 2.75) is 20.3 Å². The number of rotatable bonds is 5. The van der Waals surface area contributed by atoms with Gasteiger partial charge in [-0.2, -0.15) is 0 Å². The van der Waals surface area contributed by atoms with E-state index in [0.29, 0.717) is 28.8 Å². The summed E-state index contributed by atoms with van der Waals surface area (Å²) in [5, 5.41) is 10.3. The van der Waals surface area contributed by atoms with Crippen LogP contribution in [0.5, 0.6) is 5.75 Å². The largest absolute Gasteiger partial charge is 0.482 e. The number of benzene rings is 1. The van der Waals surface area contributed by atoms with E-state index in [4.69, 9.17) is 27.9 Å². The Morgan fingerprint density at radius 3 is 2.65 bits per heavy atom. The highest BCUT2D eigenvalue weighted by atomic mass is 35.5. The van der Waals surface area contributed by atoms with E-state index in [1.54, 1.807) is 12.1 Å². The lowest BCUT2D eigenvalue weighted by atomic mass is 9.76. The zero-order valence-electron chi connectivity index (χ0n) is 13.0. The molecule has 1 fully saturated rings. The SMILES string of the molecule is CC(C)C1(C(=O)O)CCN(C(=O)COc2cc(Cl)ccc2Cl)C1. The smallest absolute Gasteiger partial charge is 0.311 e. The van der Waals surface area contributed by atoms with Gasteiger partial charge in [0.25, 0.3) is 5.91 Å². The van der Waals surface area contributed by atoms with E-state index in [1.165, 1.54) is 11.0 Å². The van der Waals surface area contributed by atoms with Crippen molar-refractivity contribution in [3.8, 4) is 5.75 Å². The number of carbonyl (C=O) groups is 2. The van der Waals surface area contributed by atoms with Crippen LogP contribution in [0.1, 0.15) is 20.3 Å². The predicted octanol–water partition coefficient (Wildman–Crippen LogP) is 3.33. The molecule has 5 nitrogen and oxygen atoms in total. The molecule has 1 heterocycles. The zero-order valence-corrected chi connectivity index (χ0v) is 14.5. The first kappa shape index (κ1) is 17.9. The van der Waals surface area contributed by atoms with Gasteiger partial charge in [-0.25, -0.2) is 0 Å². The maximum absolute atomic E-state index is 12.3. The van der Waals surface area contributed by atoms with Crippen molar-refractivity contribution in [2.75, 3.05) is 19.7 Å². The van der Waals surface area contributed by atoms with E-state index in [9.17, 15) is 14.7 Å². The highest BCUT2D eigenvalue weighted by molar-refractivity contribution is 6.34. The molecule has 0 spiro atoms. The number of carbonyl (C=O) groups excluding carboxylic acids is 1. The Balaban J connectivity index is 2.00. The van der Waals surface area contributed by atoms with E-state index >= 15 is 0 Å². The molecule has 2 rings (SSSR count). The Morgan fingerprint density at radius 2 is 2.09 bits per heavy atom. The van der Waals surface area contributed by atoms with Gasteiger partial charge in [0, 0.05) is 24.2 Å². The molecule has 1 aliphatic rings. The minimum Gasteiger partial charge on any atom is -0.482 e. The van der Waals surface area contributed by atoms with Gasteiger partial charge in [0.05, 0.1) is 10.4 Å². The highest BCUT2D eigenvalue weighted by Crippen LogP contribution is 2.38. The number of hydrogen-bond donors (Lipinski definition) is 1. The standard InChI is InChI=1S/C16H19Cl2NO4/c1-10(2)16(15(21)22)5-6-19(9-16)14(20)8-23-13-7-11(17)3-4-12(13)18/h3-4,7,10H,5-6,8-9H2,1-2H3,(H,21,22). The summed E-state index contributed by atoms with van der Waals surface area (Å²) in [6.07, 6.45) is 0.448. The molecular weight excluding hydrogens is 341 g/mol. The number of nitrogens with zero attached hydrogens (tertiary/aromatic N) is 1. The van der Waals surface area contributed by atoms with Crippen molar-refractivity contribution in [1.82, 2.24) is 4.90 Å². The summed E-state index contributed by atoms with van der Waals surface area (Å²) in [5.74, 6) is -0.840. The van der Waals surface area contributed by atoms with E-state index in [-0.39, 0.29) is 25.0 Å². The van der Waals surface area contributed by atoms with Crippen molar-refractivity contribution in [1.29, 1.82) is 0 Å². The number of hydrogen-bond acceptors (Lipinski definition) is 3. The van der Waals surface area contributed by atoms with Crippen LogP contribution >= 0.6 is 23.2 Å². The molecule has 1 atom stereocenters. The van der Waals surface area contributed by atoms with Crippen LogP contribution in [0.15, 0.2) is 18.2 Å². The van der Waals surface area contributed by atoms with E-state index in [2.05, 4.69) is 0 Å². The molecule has 1 saturated heterocycles. The Hall–Kier alpha value is -1.46. The predicted molar refractivity (Wildman–Crippen MR) is 88.1 cm³/mol. The fraction of sp³-hybridized carbons (Fsp3) is 0.500. The van der Waals surface area contributed by atoms with Gasteiger partial charge in [0.2, 0.25) is 0 Å². The van der Waals surface area contributed by atoms with Crippen LogP contribution in [0.2, 0.25) is 10.0 Å². The van der Waals surface area contributed by atoms with Crippen LogP contribution in [0, 0.1) is 11.3 Å². The fourth-order valence-corrected chi connectivity index (χ4v) is 3.09. The van der Waals surface area contributed by atoms with E-state index in [1.807, 2.05) is 13.8 Å². The first-order chi connectivity index (χ1) is 10.8. The molecular formula is C16H19Cl2NO4. The van der Waals surface area contributed by atoms with Crippen molar-refractivity contribution in [3.63, 3.8) is 0 Å².